The fourth-order valence-corrected chi connectivity index (χ4v) is 4.91. The van der Waals surface area contributed by atoms with Crippen molar-refractivity contribution < 1.29 is 4.79 Å². The summed E-state index contributed by atoms with van der Waals surface area (Å²) in [5, 5.41) is 13.2. The Morgan fingerprint density at radius 3 is 2.65 bits per heavy atom. The molecule has 1 saturated carbocycles. The predicted octanol–water partition coefficient (Wildman–Crippen LogP) is 6.84. The summed E-state index contributed by atoms with van der Waals surface area (Å²) in [6.07, 6.45) is 7.13. The van der Waals surface area contributed by atoms with Crippen LogP contribution in [0, 0.1) is 5.92 Å². The molecule has 1 fully saturated rings. The second-order valence-electron chi connectivity index (χ2n) is 9.38. The number of hydrogen-bond acceptors (Lipinski definition) is 4. The van der Waals surface area contributed by atoms with Gasteiger partial charge in [0.15, 0.2) is 5.65 Å². The zero-order valence-corrected chi connectivity index (χ0v) is 20.4. The number of aromatic nitrogens is 5. The quantitative estimate of drug-likeness (QED) is 0.239. The van der Waals surface area contributed by atoms with Crippen LogP contribution in [0.25, 0.3) is 55.6 Å². The Morgan fingerprint density at radius 2 is 1.78 bits per heavy atom. The summed E-state index contributed by atoms with van der Waals surface area (Å²) < 4.78 is 0. The Hall–Kier alpha value is -4.49. The van der Waals surface area contributed by atoms with Crippen LogP contribution in [0.4, 0.5) is 5.69 Å². The second kappa shape index (κ2) is 8.57. The highest BCUT2D eigenvalue weighted by atomic mass is 35.5. The molecule has 4 heterocycles. The highest BCUT2D eigenvalue weighted by molar-refractivity contribution is 6.31. The lowest BCUT2D eigenvalue weighted by Crippen LogP contribution is -2.13. The molecule has 8 heteroatoms. The van der Waals surface area contributed by atoms with E-state index in [1.165, 1.54) is 0 Å². The van der Waals surface area contributed by atoms with Crippen LogP contribution in [0.1, 0.15) is 12.8 Å². The first-order valence-electron chi connectivity index (χ1n) is 12.1. The average Bonchev–Trinajstić information content (AvgIpc) is 3.55. The van der Waals surface area contributed by atoms with E-state index < -0.39 is 0 Å². The maximum Gasteiger partial charge on any atom is 0.227 e. The number of amides is 1. The summed E-state index contributed by atoms with van der Waals surface area (Å²) in [5.74, 6) is 0.187. The van der Waals surface area contributed by atoms with Gasteiger partial charge in [0.2, 0.25) is 5.91 Å². The monoisotopic (exact) mass is 504 g/mol. The molecule has 3 N–H and O–H groups in total. The third kappa shape index (κ3) is 4.03. The topological polar surface area (TPSA) is 99.3 Å². The molecule has 1 amide bonds. The molecule has 7 rings (SSSR count). The van der Waals surface area contributed by atoms with Crippen LogP contribution in [0.3, 0.4) is 0 Å². The fraction of sp³-hybridized carbons (Fsp3) is 0.103. The molecule has 7 nitrogen and oxygen atoms in total. The summed E-state index contributed by atoms with van der Waals surface area (Å²) >= 11 is 6.26. The van der Waals surface area contributed by atoms with Crippen LogP contribution in [0.5, 0.6) is 0 Å². The van der Waals surface area contributed by atoms with E-state index in [9.17, 15) is 4.79 Å². The molecular weight excluding hydrogens is 484 g/mol. The van der Waals surface area contributed by atoms with Gasteiger partial charge in [0.1, 0.15) is 0 Å². The number of halogens is 1. The number of pyridine rings is 2. The largest absolute Gasteiger partial charge is 0.353 e. The van der Waals surface area contributed by atoms with Gasteiger partial charge in [-0.05, 0) is 60.4 Å². The Bertz CT molecular complexity index is 1820. The molecular formula is C29H21ClN6O. The van der Waals surface area contributed by atoms with E-state index in [2.05, 4.69) is 54.7 Å². The first-order valence-corrected chi connectivity index (χ1v) is 12.5. The lowest BCUT2D eigenvalue weighted by Gasteiger charge is -2.07. The molecule has 0 bridgehead atoms. The summed E-state index contributed by atoms with van der Waals surface area (Å²) in [4.78, 5) is 24.6. The third-order valence-electron chi connectivity index (χ3n) is 6.77. The van der Waals surface area contributed by atoms with Gasteiger partial charge in [-0.1, -0.05) is 35.9 Å². The van der Waals surface area contributed by atoms with Crippen molar-refractivity contribution in [2.75, 3.05) is 5.32 Å². The van der Waals surface area contributed by atoms with Crippen molar-refractivity contribution >= 4 is 45.1 Å². The smallest absolute Gasteiger partial charge is 0.227 e. The molecule has 180 valence electrons. The van der Waals surface area contributed by atoms with Crippen LogP contribution < -0.4 is 5.32 Å². The van der Waals surface area contributed by atoms with Crippen molar-refractivity contribution in [3.8, 4) is 33.6 Å². The van der Waals surface area contributed by atoms with E-state index in [4.69, 9.17) is 11.6 Å². The molecule has 6 aromatic rings. The van der Waals surface area contributed by atoms with E-state index in [0.717, 1.165) is 62.8 Å². The summed E-state index contributed by atoms with van der Waals surface area (Å²) in [7, 11) is 0. The minimum atomic E-state index is 0.0561. The standard InChI is InChI=1S/C29H21ClN6O/c30-20-4-1-3-17(9-20)22-5-2-6-25-23(22)12-26(34-25)27-24-11-19(14-32-28(24)36-35-27)18-10-21(15-31-13-18)33-29(37)16-7-8-16/h1-6,9-16,34H,7-8H2,(H,33,37)(H,32,35,36). The van der Waals surface area contributed by atoms with Gasteiger partial charge in [0.05, 0.1) is 23.3 Å². The molecule has 0 saturated heterocycles. The molecule has 0 aliphatic heterocycles. The Morgan fingerprint density at radius 1 is 0.919 bits per heavy atom. The van der Waals surface area contributed by atoms with Gasteiger partial charge >= 0.3 is 0 Å². The third-order valence-corrected chi connectivity index (χ3v) is 7.00. The molecule has 0 unspecified atom stereocenters. The van der Waals surface area contributed by atoms with Crippen LogP contribution in [0.2, 0.25) is 5.02 Å². The summed E-state index contributed by atoms with van der Waals surface area (Å²) in [6.45, 7) is 0. The maximum absolute atomic E-state index is 12.2. The number of rotatable bonds is 5. The number of carbonyl (C=O) groups excluding carboxylic acids is 1. The van der Waals surface area contributed by atoms with E-state index in [1.54, 1.807) is 18.6 Å². The summed E-state index contributed by atoms with van der Waals surface area (Å²) in [5.41, 5.74) is 8.01. The number of hydrogen-bond donors (Lipinski definition) is 3. The van der Waals surface area contributed by atoms with E-state index in [-0.39, 0.29) is 11.8 Å². The van der Waals surface area contributed by atoms with Gasteiger partial charge in [0, 0.05) is 50.8 Å². The number of H-pyrrole nitrogens is 2. The minimum Gasteiger partial charge on any atom is -0.353 e. The highest BCUT2D eigenvalue weighted by Gasteiger charge is 2.29. The average molecular weight is 505 g/mol. The summed E-state index contributed by atoms with van der Waals surface area (Å²) in [6, 6.07) is 20.2. The molecule has 0 atom stereocenters. The number of benzene rings is 2. The molecule has 37 heavy (non-hydrogen) atoms. The van der Waals surface area contributed by atoms with E-state index >= 15 is 0 Å². The van der Waals surface area contributed by atoms with Crippen LogP contribution in [-0.2, 0) is 4.79 Å². The number of anilines is 1. The number of nitrogens with zero attached hydrogens (tertiary/aromatic N) is 3. The lowest BCUT2D eigenvalue weighted by atomic mass is 10.0. The Labute approximate surface area is 216 Å². The fourth-order valence-electron chi connectivity index (χ4n) is 4.72. The van der Waals surface area contributed by atoms with Crippen LogP contribution >= 0.6 is 11.6 Å². The first kappa shape index (κ1) is 21.8. The van der Waals surface area contributed by atoms with Crippen LogP contribution in [-0.4, -0.2) is 31.1 Å². The maximum atomic E-state index is 12.2. The zero-order chi connectivity index (χ0) is 24.9. The van der Waals surface area contributed by atoms with Gasteiger partial charge in [-0.15, -0.1) is 0 Å². The van der Waals surface area contributed by atoms with Crippen molar-refractivity contribution in [2.45, 2.75) is 12.8 Å². The SMILES string of the molecule is O=C(Nc1cncc(-c2cnc3n[nH]c(-c4cc5c(-c6cccc(Cl)c6)cccc5[nH]4)c3c2)c1)C1CC1. The predicted molar refractivity (Wildman–Crippen MR) is 146 cm³/mol. The lowest BCUT2D eigenvalue weighted by molar-refractivity contribution is -0.117. The van der Waals surface area contributed by atoms with Crippen molar-refractivity contribution in [1.29, 1.82) is 0 Å². The minimum absolute atomic E-state index is 0.0561. The Kier molecular flexibility index (Phi) is 5.04. The Balaban J connectivity index is 1.28. The number of nitrogens with one attached hydrogen (secondary N) is 3. The second-order valence-corrected chi connectivity index (χ2v) is 9.82. The van der Waals surface area contributed by atoms with Gasteiger partial charge in [0.25, 0.3) is 0 Å². The van der Waals surface area contributed by atoms with Crippen molar-refractivity contribution in [3.05, 3.63) is 84.3 Å². The number of carbonyl (C=O) groups is 1. The highest BCUT2D eigenvalue weighted by Crippen LogP contribution is 2.36. The van der Waals surface area contributed by atoms with Gasteiger partial charge < -0.3 is 10.3 Å². The normalized spacial score (nSPS) is 13.3. The van der Waals surface area contributed by atoms with Gasteiger partial charge in [-0.25, -0.2) is 4.98 Å². The van der Waals surface area contributed by atoms with Gasteiger partial charge in [-0.3, -0.25) is 14.9 Å². The van der Waals surface area contributed by atoms with E-state index in [1.807, 2.05) is 36.4 Å². The van der Waals surface area contributed by atoms with Crippen molar-refractivity contribution in [1.82, 2.24) is 25.1 Å². The molecule has 1 aliphatic carbocycles. The van der Waals surface area contributed by atoms with Crippen molar-refractivity contribution in [3.63, 3.8) is 0 Å². The first-order chi connectivity index (χ1) is 18.1. The number of aromatic amines is 2. The zero-order valence-electron chi connectivity index (χ0n) is 19.6. The molecule has 1 aliphatic rings. The molecule has 0 spiro atoms. The molecule has 2 aromatic carbocycles. The van der Waals surface area contributed by atoms with Crippen LogP contribution in [0.15, 0.2) is 79.3 Å². The molecule has 0 radical (unpaired) electrons. The van der Waals surface area contributed by atoms with Crippen molar-refractivity contribution in [2.24, 2.45) is 5.92 Å². The van der Waals surface area contributed by atoms with E-state index in [0.29, 0.717) is 16.4 Å². The van der Waals surface area contributed by atoms with Gasteiger partial charge in [-0.2, -0.15) is 5.10 Å². The number of fused-ring (bicyclic) bond motifs is 2. The molecule has 4 aromatic heterocycles.